The molecule has 1 amide bonds. The molecule has 10 heteroatoms. The number of hydrogen-bond acceptors (Lipinski definition) is 3. The fourth-order valence-electron chi connectivity index (χ4n) is 2.37. The van der Waals surface area contributed by atoms with E-state index >= 15 is 0 Å². The van der Waals surface area contributed by atoms with Crippen molar-refractivity contribution in [2.45, 2.75) is 4.90 Å². The maximum Gasteiger partial charge on any atom is 0.261 e. The molecule has 0 spiro atoms. The highest BCUT2D eigenvalue weighted by atomic mass is 35.5. The van der Waals surface area contributed by atoms with Crippen molar-refractivity contribution < 1.29 is 22.0 Å². The first kappa shape index (κ1) is 21.0. The van der Waals surface area contributed by atoms with Crippen LogP contribution in [0.15, 0.2) is 65.6 Å². The topological polar surface area (TPSA) is 75.3 Å². The minimum Gasteiger partial charge on any atom is -0.322 e. The minimum atomic E-state index is -3.95. The number of hydrogen-bond donors (Lipinski definition) is 2. The molecule has 0 fully saturated rings. The van der Waals surface area contributed by atoms with E-state index < -0.39 is 27.6 Å². The fourth-order valence-corrected chi connectivity index (χ4v) is 3.83. The van der Waals surface area contributed by atoms with Crippen LogP contribution < -0.4 is 10.0 Å². The van der Waals surface area contributed by atoms with Gasteiger partial charge in [0.15, 0.2) is 11.6 Å². The number of nitrogens with one attached hydrogen (secondary N) is 2. The van der Waals surface area contributed by atoms with E-state index in [-0.39, 0.29) is 21.2 Å². The Morgan fingerprint density at radius 1 is 0.862 bits per heavy atom. The number of halogens is 4. The molecule has 0 heterocycles. The van der Waals surface area contributed by atoms with Gasteiger partial charge < -0.3 is 5.32 Å². The molecule has 5 nitrogen and oxygen atoms in total. The standard InChI is InChI=1S/C19H12Cl2F2N2O3S/c20-11-4-6-12(7-5-11)25-29(27,28)14-3-1-2-13(8-14)24-19(26)15-9-17(22)18(23)10-16(15)21/h1-10,25H,(H,24,26). The molecule has 3 aromatic rings. The molecule has 0 bridgehead atoms. The van der Waals surface area contributed by atoms with Crippen LogP contribution in [0.1, 0.15) is 10.4 Å². The molecule has 0 saturated carbocycles. The normalized spacial score (nSPS) is 11.2. The van der Waals surface area contributed by atoms with E-state index in [4.69, 9.17) is 23.2 Å². The van der Waals surface area contributed by atoms with Crippen LogP contribution in [-0.4, -0.2) is 14.3 Å². The van der Waals surface area contributed by atoms with Crippen LogP contribution >= 0.6 is 23.2 Å². The third-order valence-corrected chi connectivity index (χ3v) is 5.70. The van der Waals surface area contributed by atoms with Gasteiger partial charge in [-0.1, -0.05) is 29.3 Å². The number of carbonyl (C=O) groups is 1. The molecule has 150 valence electrons. The summed E-state index contributed by atoms with van der Waals surface area (Å²) in [5, 5.41) is 2.58. The molecule has 0 aliphatic rings. The van der Waals surface area contributed by atoms with E-state index in [1.807, 2.05) is 0 Å². The Kier molecular flexibility index (Phi) is 6.07. The maximum absolute atomic E-state index is 13.4. The van der Waals surface area contributed by atoms with Gasteiger partial charge in [0.25, 0.3) is 15.9 Å². The summed E-state index contributed by atoms with van der Waals surface area (Å²) in [6.07, 6.45) is 0. The maximum atomic E-state index is 13.4. The molecule has 0 unspecified atom stereocenters. The summed E-state index contributed by atoms with van der Waals surface area (Å²) in [5.41, 5.74) is 0.130. The van der Waals surface area contributed by atoms with Crippen molar-refractivity contribution in [3.8, 4) is 0 Å². The average Bonchev–Trinajstić information content (AvgIpc) is 2.66. The van der Waals surface area contributed by atoms with Gasteiger partial charge >= 0.3 is 0 Å². The van der Waals surface area contributed by atoms with Crippen LogP contribution in [0, 0.1) is 11.6 Å². The zero-order chi connectivity index (χ0) is 21.2. The summed E-state index contributed by atoms with van der Waals surface area (Å²) in [6.45, 7) is 0. The fraction of sp³-hybridized carbons (Fsp3) is 0. The molecule has 0 saturated heterocycles. The zero-order valence-electron chi connectivity index (χ0n) is 14.4. The van der Waals surface area contributed by atoms with Crippen LogP contribution in [0.3, 0.4) is 0 Å². The van der Waals surface area contributed by atoms with Crippen molar-refractivity contribution in [2.24, 2.45) is 0 Å². The molecule has 3 aromatic carbocycles. The van der Waals surface area contributed by atoms with Gasteiger partial charge in [-0.05, 0) is 54.6 Å². The SMILES string of the molecule is O=C(Nc1cccc(S(=O)(=O)Nc2ccc(Cl)cc2)c1)c1cc(F)c(F)cc1Cl. The van der Waals surface area contributed by atoms with Gasteiger partial charge in [0.1, 0.15) is 0 Å². The van der Waals surface area contributed by atoms with Gasteiger partial charge in [-0.3, -0.25) is 9.52 Å². The van der Waals surface area contributed by atoms with E-state index in [2.05, 4.69) is 10.0 Å². The van der Waals surface area contributed by atoms with Gasteiger partial charge in [0.2, 0.25) is 0 Å². The summed E-state index contributed by atoms with van der Waals surface area (Å²) >= 11 is 11.6. The molecule has 0 atom stereocenters. The first-order valence-corrected chi connectivity index (χ1v) is 10.2. The van der Waals surface area contributed by atoms with Gasteiger partial charge in [-0.2, -0.15) is 0 Å². The molecule has 0 aromatic heterocycles. The lowest BCUT2D eigenvalue weighted by Gasteiger charge is -2.11. The second-order valence-corrected chi connectivity index (χ2v) is 8.37. The molecule has 0 radical (unpaired) electrons. The molecular weight excluding hydrogens is 445 g/mol. The molecule has 29 heavy (non-hydrogen) atoms. The predicted molar refractivity (Wildman–Crippen MR) is 108 cm³/mol. The number of carbonyl (C=O) groups excluding carboxylic acids is 1. The second kappa shape index (κ2) is 8.36. The number of sulfonamides is 1. The highest BCUT2D eigenvalue weighted by Crippen LogP contribution is 2.23. The van der Waals surface area contributed by atoms with E-state index in [1.165, 1.54) is 48.5 Å². The number of benzene rings is 3. The summed E-state index contributed by atoms with van der Waals surface area (Å²) in [7, 11) is -3.95. The van der Waals surface area contributed by atoms with Crippen LogP contribution in [0.5, 0.6) is 0 Å². The average molecular weight is 457 g/mol. The van der Waals surface area contributed by atoms with Crippen molar-refractivity contribution in [3.63, 3.8) is 0 Å². The lowest BCUT2D eigenvalue weighted by atomic mass is 10.2. The van der Waals surface area contributed by atoms with E-state index in [0.717, 1.165) is 0 Å². The van der Waals surface area contributed by atoms with Gasteiger partial charge in [0, 0.05) is 16.4 Å². The Morgan fingerprint density at radius 2 is 1.52 bits per heavy atom. The Hall–Kier alpha value is -2.68. The second-order valence-electron chi connectivity index (χ2n) is 5.84. The van der Waals surface area contributed by atoms with Gasteiger partial charge in [-0.25, -0.2) is 17.2 Å². The summed E-state index contributed by atoms with van der Waals surface area (Å²) in [6, 6.07) is 12.8. The third-order valence-electron chi connectivity index (χ3n) is 3.75. The first-order valence-electron chi connectivity index (χ1n) is 8.00. The Balaban J connectivity index is 1.83. The molecule has 3 rings (SSSR count). The third kappa shape index (κ3) is 5.03. The van der Waals surface area contributed by atoms with Crippen molar-refractivity contribution in [2.75, 3.05) is 10.0 Å². The summed E-state index contributed by atoms with van der Waals surface area (Å²) in [5.74, 6) is -3.25. The van der Waals surface area contributed by atoms with Crippen LogP contribution in [0.4, 0.5) is 20.2 Å². The number of amides is 1. The van der Waals surface area contributed by atoms with Gasteiger partial charge in [-0.15, -0.1) is 0 Å². The Bertz CT molecular complexity index is 1190. The van der Waals surface area contributed by atoms with Gasteiger partial charge in [0.05, 0.1) is 15.5 Å². The van der Waals surface area contributed by atoms with Crippen molar-refractivity contribution in [1.29, 1.82) is 0 Å². The summed E-state index contributed by atoms with van der Waals surface area (Å²) < 4.78 is 54.1. The highest BCUT2D eigenvalue weighted by Gasteiger charge is 2.18. The van der Waals surface area contributed by atoms with Crippen molar-refractivity contribution in [3.05, 3.63) is 87.9 Å². The Labute approximate surface area is 175 Å². The highest BCUT2D eigenvalue weighted by molar-refractivity contribution is 7.92. The van der Waals surface area contributed by atoms with Crippen LogP contribution in [0.25, 0.3) is 0 Å². The van der Waals surface area contributed by atoms with Crippen molar-refractivity contribution in [1.82, 2.24) is 0 Å². The predicted octanol–water partition coefficient (Wildman–Crippen LogP) is 5.32. The minimum absolute atomic E-state index is 0.120. The zero-order valence-corrected chi connectivity index (χ0v) is 16.7. The quantitative estimate of drug-likeness (QED) is 0.509. The molecule has 2 N–H and O–H groups in total. The lowest BCUT2D eigenvalue weighted by Crippen LogP contribution is -2.15. The van der Waals surface area contributed by atoms with Crippen LogP contribution in [-0.2, 0) is 10.0 Å². The number of rotatable bonds is 5. The largest absolute Gasteiger partial charge is 0.322 e. The van der Waals surface area contributed by atoms with E-state index in [1.54, 1.807) is 0 Å². The monoisotopic (exact) mass is 456 g/mol. The summed E-state index contributed by atoms with van der Waals surface area (Å²) in [4.78, 5) is 12.2. The van der Waals surface area contributed by atoms with Crippen LogP contribution in [0.2, 0.25) is 10.0 Å². The van der Waals surface area contributed by atoms with Crippen molar-refractivity contribution >= 4 is 50.5 Å². The van der Waals surface area contributed by atoms with E-state index in [0.29, 0.717) is 22.8 Å². The number of anilines is 2. The van der Waals surface area contributed by atoms with E-state index in [9.17, 15) is 22.0 Å². The molecule has 0 aliphatic heterocycles. The smallest absolute Gasteiger partial charge is 0.261 e. The first-order chi connectivity index (χ1) is 13.7. The molecular formula is C19H12Cl2F2N2O3S. The molecule has 0 aliphatic carbocycles. The Morgan fingerprint density at radius 3 is 2.21 bits per heavy atom. The lowest BCUT2D eigenvalue weighted by molar-refractivity contribution is 0.102.